The van der Waals surface area contributed by atoms with E-state index in [1.807, 2.05) is 36.6 Å². The van der Waals surface area contributed by atoms with Crippen molar-refractivity contribution in [1.29, 1.82) is 0 Å². The number of ether oxygens (including phenoxy) is 2. The second kappa shape index (κ2) is 9.73. The van der Waals surface area contributed by atoms with E-state index in [9.17, 15) is 9.59 Å². The van der Waals surface area contributed by atoms with E-state index < -0.39 is 5.97 Å². The van der Waals surface area contributed by atoms with E-state index in [4.69, 9.17) is 4.74 Å². The van der Waals surface area contributed by atoms with Crippen LogP contribution in [0.3, 0.4) is 0 Å². The van der Waals surface area contributed by atoms with Gasteiger partial charge in [0.25, 0.3) is 5.91 Å². The molecule has 3 rings (SSSR count). The highest BCUT2D eigenvalue weighted by atomic mass is 16.5. The lowest BCUT2D eigenvalue weighted by Gasteiger charge is -2.13. The molecule has 0 unspecified atom stereocenters. The number of hydrogen-bond acceptors (Lipinski definition) is 6. The molecule has 30 heavy (non-hydrogen) atoms. The molecule has 0 bridgehead atoms. The van der Waals surface area contributed by atoms with Crippen molar-refractivity contribution in [3.63, 3.8) is 0 Å². The minimum Gasteiger partial charge on any atom is -0.491 e. The standard InChI is InChI=1S/C21H25N5O4/c1-4-26-18(8-9-24-26)20(27)22-10-11-30-19-7-5-6-16(15(19)2)12-25-13-17(23-14-25)21(28)29-3/h5-9,13-14H,4,10-12H2,1-3H3,(H,22,27). The maximum absolute atomic E-state index is 12.2. The third-order valence-corrected chi connectivity index (χ3v) is 4.67. The molecule has 1 amide bonds. The largest absolute Gasteiger partial charge is 0.491 e. The number of aryl methyl sites for hydroxylation is 1. The quantitative estimate of drug-likeness (QED) is 0.427. The van der Waals surface area contributed by atoms with Gasteiger partial charge in [0.15, 0.2) is 5.69 Å². The Bertz CT molecular complexity index is 1020. The van der Waals surface area contributed by atoms with Crippen LogP contribution >= 0.6 is 0 Å². The number of rotatable bonds is 9. The Balaban J connectivity index is 1.55. The van der Waals surface area contributed by atoms with E-state index in [-0.39, 0.29) is 11.6 Å². The number of aromatic nitrogens is 4. The van der Waals surface area contributed by atoms with Crippen molar-refractivity contribution in [2.75, 3.05) is 20.3 Å². The lowest BCUT2D eigenvalue weighted by molar-refractivity contribution is 0.0594. The van der Waals surface area contributed by atoms with Gasteiger partial charge in [-0.2, -0.15) is 5.10 Å². The van der Waals surface area contributed by atoms with Crippen molar-refractivity contribution in [2.24, 2.45) is 0 Å². The van der Waals surface area contributed by atoms with Crippen LogP contribution in [0.15, 0.2) is 43.0 Å². The highest BCUT2D eigenvalue weighted by Crippen LogP contribution is 2.22. The van der Waals surface area contributed by atoms with Crippen LogP contribution in [0.5, 0.6) is 5.75 Å². The van der Waals surface area contributed by atoms with Crippen LogP contribution in [0.2, 0.25) is 0 Å². The number of nitrogens with one attached hydrogen (secondary N) is 1. The Morgan fingerprint density at radius 3 is 2.83 bits per heavy atom. The van der Waals surface area contributed by atoms with E-state index in [0.717, 1.165) is 16.9 Å². The van der Waals surface area contributed by atoms with Gasteiger partial charge in [-0.05, 0) is 37.1 Å². The van der Waals surface area contributed by atoms with E-state index >= 15 is 0 Å². The first-order valence-corrected chi connectivity index (χ1v) is 9.64. The summed E-state index contributed by atoms with van der Waals surface area (Å²) in [5, 5.41) is 6.94. The summed E-state index contributed by atoms with van der Waals surface area (Å²) >= 11 is 0. The lowest BCUT2D eigenvalue weighted by Crippen LogP contribution is -2.30. The number of carbonyl (C=O) groups excluding carboxylic acids is 2. The molecule has 0 aliphatic rings. The maximum Gasteiger partial charge on any atom is 0.358 e. The summed E-state index contributed by atoms with van der Waals surface area (Å²) in [5.41, 5.74) is 2.82. The molecule has 3 aromatic rings. The number of hydrogen-bond donors (Lipinski definition) is 1. The average molecular weight is 411 g/mol. The fourth-order valence-corrected chi connectivity index (χ4v) is 3.03. The summed E-state index contributed by atoms with van der Waals surface area (Å²) in [6.45, 7) is 5.81. The van der Waals surface area contributed by atoms with E-state index in [1.165, 1.54) is 7.11 Å². The zero-order valence-corrected chi connectivity index (χ0v) is 17.3. The van der Waals surface area contributed by atoms with Gasteiger partial charge in [0.05, 0.1) is 20.0 Å². The fraction of sp³-hybridized carbons (Fsp3) is 0.333. The number of nitrogens with zero attached hydrogens (tertiary/aromatic N) is 4. The summed E-state index contributed by atoms with van der Waals surface area (Å²) in [7, 11) is 1.33. The molecule has 9 heteroatoms. The van der Waals surface area contributed by atoms with Crippen LogP contribution < -0.4 is 10.1 Å². The van der Waals surface area contributed by atoms with Crippen LogP contribution in [0.1, 0.15) is 39.0 Å². The van der Waals surface area contributed by atoms with Gasteiger partial charge < -0.3 is 19.4 Å². The highest BCUT2D eigenvalue weighted by molar-refractivity contribution is 5.92. The molecular weight excluding hydrogens is 386 g/mol. The Morgan fingerprint density at radius 1 is 1.23 bits per heavy atom. The first-order valence-electron chi connectivity index (χ1n) is 9.64. The average Bonchev–Trinajstić information content (AvgIpc) is 3.42. The van der Waals surface area contributed by atoms with Gasteiger partial charge in [0.1, 0.15) is 18.1 Å². The van der Waals surface area contributed by atoms with Gasteiger partial charge in [0.2, 0.25) is 0 Å². The topological polar surface area (TPSA) is 100 Å². The summed E-state index contributed by atoms with van der Waals surface area (Å²) in [6, 6.07) is 7.48. The van der Waals surface area contributed by atoms with Crippen LogP contribution in [0.25, 0.3) is 0 Å². The molecule has 0 spiro atoms. The van der Waals surface area contributed by atoms with Gasteiger partial charge >= 0.3 is 5.97 Å². The Morgan fingerprint density at radius 2 is 2.07 bits per heavy atom. The third-order valence-electron chi connectivity index (χ3n) is 4.67. The molecule has 2 aromatic heterocycles. The smallest absolute Gasteiger partial charge is 0.358 e. The Labute approximate surface area is 174 Å². The molecule has 9 nitrogen and oxygen atoms in total. The first-order chi connectivity index (χ1) is 14.5. The molecule has 0 atom stereocenters. The number of benzene rings is 1. The van der Waals surface area contributed by atoms with Crippen LogP contribution in [-0.4, -0.2) is 51.5 Å². The Hall–Kier alpha value is -3.62. The minimum atomic E-state index is -0.466. The molecule has 0 saturated carbocycles. The van der Waals surface area contributed by atoms with Gasteiger partial charge in [-0.25, -0.2) is 9.78 Å². The monoisotopic (exact) mass is 411 g/mol. The minimum absolute atomic E-state index is 0.176. The zero-order valence-electron chi connectivity index (χ0n) is 17.3. The summed E-state index contributed by atoms with van der Waals surface area (Å²) in [6.07, 6.45) is 4.85. The van der Waals surface area contributed by atoms with Gasteiger partial charge in [-0.3, -0.25) is 9.48 Å². The van der Waals surface area contributed by atoms with E-state index in [0.29, 0.717) is 31.9 Å². The summed E-state index contributed by atoms with van der Waals surface area (Å²) in [4.78, 5) is 27.8. The summed E-state index contributed by atoms with van der Waals surface area (Å²) < 4.78 is 14.0. The molecule has 0 saturated heterocycles. The van der Waals surface area contributed by atoms with E-state index in [2.05, 4.69) is 20.1 Å². The van der Waals surface area contributed by atoms with Crippen molar-refractivity contribution in [2.45, 2.75) is 26.9 Å². The van der Waals surface area contributed by atoms with Gasteiger partial charge in [-0.15, -0.1) is 0 Å². The van der Waals surface area contributed by atoms with Crippen molar-refractivity contribution in [3.8, 4) is 5.75 Å². The molecule has 0 radical (unpaired) electrons. The SMILES string of the molecule is CCn1nccc1C(=O)NCCOc1cccc(Cn2cnc(C(=O)OC)c2)c1C. The second-order valence-corrected chi connectivity index (χ2v) is 6.60. The van der Waals surface area contributed by atoms with E-state index in [1.54, 1.807) is 29.5 Å². The van der Waals surface area contributed by atoms with Crippen LogP contribution in [0.4, 0.5) is 0 Å². The predicted octanol–water partition coefficient (Wildman–Crippen LogP) is 2.05. The second-order valence-electron chi connectivity index (χ2n) is 6.60. The van der Waals surface area contributed by atoms with Gasteiger partial charge in [0, 0.05) is 25.5 Å². The predicted molar refractivity (Wildman–Crippen MR) is 110 cm³/mol. The molecule has 158 valence electrons. The van der Waals surface area contributed by atoms with Crippen LogP contribution in [-0.2, 0) is 17.8 Å². The number of esters is 1. The molecule has 1 aromatic carbocycles. The van der Waals surface area contributed by atoms with Crippen molar-refractivity contribution in [3.05, 3.63) is 65.5 Å². The highest BCUT2D eigenvalue weighted by Gasteiger charge is 2.12. The number of imidazole rings is 1. The number of carbonyl (C=O) groups is 2. The third kappa shape index (κ3) is 4.86. The normalized spacial score (nSPS) is 10.6. The fourth-order valence-electron chi connectivity index (χ4n) is 3.03. The molecule has 0 aliphatic heterocycles. The molecule has 2 heterocycles. The molecule has 1 N–H and O–H groups in total. The molecular formula is C21H25N5O4. The number of methoxy groups -OCH3 is 1. The van der Waals surface area contributed by atoms with Crippen LogP contribution in [0, 0.1) is 6.92 Å². The Kier molecular flexibility index (Phi) is 6.84. The zero-order chi connectivity index (χ0) is 21.5. The number of amides is 1. The lowest BCUT2D eigenvalue weighted by atomic mass is 10.1. The molecule has 0 fully saturated rings. The maximum atomic E-state index is 12.2. The van der Waals surface area contributed by atoms with Gasteiger partial charge in [-0.1, -0.05) is 12.1 Å². The van der Waals surface area contributed by atoms with Crippen molar-refractivity contribution < 1.29 is 19.1 Å². The molecule has 0 aliphatic carbocycles. The van der Waals surface area contributed by atoms with Crippen molar-refractivity contribution >= 4 is 11.9 Å². The first kappa shape index (κ1) is 21.1. The van der Waals surface area contributed by atoms with Crippen molar-refractivity contribution in [1.82, 2.24) is 24.6 Å². The summed E-state index contributed by atoms with van der Waals surface area (Å²) in [5.74, 6) is 0.102.